The van der Waals surface area contributed by atoms with E-state index < -0.39 is 20.5 Å². The first-order chi connectivity index (χ1) is 16.1. The molecule has 0 radical (unpaired) electrons. The van der Waals surface area contributed by atoms with E-state index in [2.05, 4.69) is 9.51 Å². The number of aryl methyl sites for hydroxylation is 2. The Kier molecular flexibility index (Phi) is 12.4. The Bertz CT molecular complexity index is 1340. The molecule has 178 valence electrons. The van der Waals surface area contributed by atoms with E-state index in [4.69, 9.17) is 4.42 Å². The maximum atomic E-state index is 12.6. The topological polar surface area (TPSA) is 139 Å². The Labute approximate surface area is 293 Å². The smallest absolute Gasteiger partial charge is 0.790 e. The molecule has 0 saturated heterocycles. The minimum Gasteiger partial charge on any atom is -0.790 e. The van der Waals surface area contributed by atoms with Gasteiger partial charge in [-0.05, 0) is 42.7 Å². The maximum Gasteiger partial charge on any atom is 1.00 e. The first kappa shape index (κ1) is 32.2. The molecule has 1 aromatic carbocycles. The summed E-state index contributed by atoms with van der Waals surface area (Å²) in [7, 11) is -3.55. The molecule has 0 N–H and O–H groups in total. The molecule has 0 fully saturated rings. The predicted molar refractivity (Wildman–Crippen MR) is 120 cm³/mol. The molecule has 1 aliphatic rings. The molecular weight excluding hydrogens is 539 g/mol. The molecule has 36 heavy (non-hydrogen) atoms. The van der Waals surface area contributed by atoms with Crippen molar-refractivity contribution >= 4 is 42.5 Å². The number of likely N-dealkylation sites (N-methyl/N-ethyl adjacent to an activating group) is 1. The zero-order chi connectivity index (χ0) is 24.5. The molecule has 3 heterocycles. The van der Waals surface area contributed by atoms with Crippen molar-refractivity contribution in [3.05, 3.63) is 65.1 Å². The van der Waals surface area contributed by atoms with Crippen molar-refractivity contribution in [1.29, 1.82) is 0 Å². The zero-order valence-corrected chi connectivity index (χ0v) is 27.7. The number of phosphoric acid groups is 1. The van der Waals surface area contributed by atoms with Crippen molar-refractivity contribution in [3.63, 3.8) is 0 Å². The number of para-hydroxylation sites is 1. The maximum absolute atomic E-state index is 12.6. The van der Waals surface area contributed by atoms with E-state index in [1.54, 1.807) is 19.2 Å². The Morgan fingerprint density at radius 1 is 1.28 bits per heavy atom. The minimum absolute atomic E-state index is 0. The van der Waals surface area contributed by atoms with Gasteiger partial charge in [0.05, 0.1) is 14.4 Å². The number of carbonyl (C=O) groups excluding carboxylic acids is 2. The third-order valence-electron chi connectivity index (χ3n) is 5.59. The van der Waals surface area contributed by atoms with Crippen molar-refractivity contribution in [2.45, 2.75) is 26.3 Å². The third-order valence-corrected chi connectivity index (χ3v) is 6.02. The molecular formula is C23H22K2N3O7P. The van der Waals surface area contributed by atoms with Crippen LogP contribution in [0.5, 0.6) is 0 Å². The summed E-state index contributed by atoms with van der Waals surface area (Å²) in [6, 6.07) is 9.45. The van der Waals surface area contributed by atoms with Crippen LogP contribution in [0.4, 0.5) is 5.82 Å². The van der Waals surface area contributed by atoms with E-state index in [9.17, 15) is 23.9 Å². The summed E-state index contributed by atoms with van der Waals surface area (Å²) >= 11 is 0. The van der Waals surface area contributed by atoms with Crippen molar-refractivity contribution in [1.82, 2.24) is 9.88 Å². The SMILES string of the molecule is Cc1c(CN(C)C(=O)/C=C/c2cnc3c(c2)CCC(=O)N3COP(=O)([O-])[O-])oc2ccccc12.[K+].[K+]. The second kappa shape index (κ2) is 13.9. The molecule has 0 unspecified atom stereocenters. The number of furan rings is 1. The fourth-order valence-electron chi connectivity index (χ4n) is 3.76. The number of nitrogens with zero attached hydrogens (tertiary/aromatic N) is 3. The Hall–Kier alpha value is -0.0273. The fraction of sp³-hybridized carbons (Fsp3) is 0.261. The normalized spacial score (nSPS) is 13.3. The number of fused-ring (bicyclic) bond motifs is 2. The fourth-order valence-corrected chi connectivity index (χ4v) is 4.02. The number of carbonyl (C=O) groups is 2. The number of aromatic nitrogens is 1. The Morgan fingerprint density at radius 3 is 2.69 bits per heavy atom. The number of benzene rings is 1. The van der Waals surface area contributed by atoms with Crippen LogP contribution in [0.25, 0.3) is 17.0 Å². The molecule has 1 aliphatic heterocycles. The molecule has 4 rings (SSSR count). The molecule has 3 aromatic rings. The van der Waals surface area contributed by atoms with E-state index in [0.717, 1.165) is 21.4 Å². The molecule has 2 amide bonds. The zero-order valence-electron chi connectivity index (χ0n) is 20.6. The van der Waals surface area contributed by atoms with Crippen molar-refractivity contribution in [2.24, 2.45) is 0 Å². The van der Waals surface area contributed by atoms with Gasteiger partial charge in [0.1, 0.15) is 23.9 Å². The van der Waals surface area contributed by atoms with Crippen LogP contribution in [0, 0.1) is 6.92 Å². The Balaban J connectivity index is 0.00000228. The number of amides is 2. The molecule has 0 spiro atoms. The van der Waals surface area contributed by atoms with Crippen LogP contribution in [0.2, 0.25) is 0 Å². The van der Waals surface area contributed by atoms with Gasteiger partial charge in [0.15, 0.2) is 0 Å². The van der Waals surface area contributed by atoms with Gasteiger partial charge in [0.2, 0.25) is 11.8 Å². The average molecular weight is 562 g/mol. The molecule has 2 aromatic heterocycles. The standard InChI is InChI=1S/C23H24N3O7P.2K/c1-15-18-5-3-4-6-19(18)33-20(15)13-25(2)21(27)9-7-16-11-17-8-10-22(28)26(23(17)24-12-16)14-32-34(29,30)31;;/h3-7,9,11-12H,8,10,13-14H2,1-2H3,(H2,29,30,31);;/q;2*+1/p-2/b9-7+;;. The van der Waals surface area contributed by atoms with Gasteiger partial charge in [0, 0.05) is 36.7 Å². The third kappa shape index (κ3) is 7.99. The van der Waals surface area contributed by atoms with E-state index in [0.29, 0.717) is 29.9 Å². The van der Waals surface area contributed by atoms with Gasteiger partial charge >= 0.3 is 103 Å². The summed E-state index contributed by atoms with van der Waals surface area (Å²) in [5.41, 5.74) is 3.08. The average Bonchev–Trinajstić information content (AvgIpc) is 3.11. The quantitative estimate of drug-likeness (QED) is 0.161. The van der Waals surface area contributed by atoms with Crippen LogP contribution in [-0.4, -0.2) is 35.5 Å². The first-order valence-corrected chi connectivity index (χ1v) is 11.9. The van der Waals surface area contributed by atoms with Crippen LogP contribution >= 0.6 is 7.82 Å². The molecule has 0 bridgehead atoms. The summed E-state index contributed by atoms with van der Waals surface area (Å²) in [6.45, 7) is 1.55. The monoisotopic (exact) mass is 561 g/mol. The van der Waals surface area contributed by atoms with Gasteiger partial charge in [-0.3, -0.25) is 14.5 Å². The Morgan fingerprint density at radius 2 is 2.00 bits per heavy atom. The van der Waals surface area contributed by atoms with Crippen LogP contribution in [0.3, 0.4) is 0 Å². The molecule has 10 nitrogen and oxygen atoms in total. The second-order valence-electron chi connectivity index (χ2n) is 7.95. The van der Waals surface area contributed by atoms with Gasteiger partial charge in [-0.15, -0.1) is 0 Å². The summed E-state index contributed by atoms with van der Waals surface area (Å²) in [5, 5.41) is 1.01. The van der Waals surface area contributed by atoms with Gasteiger partial charge in [-0.2, -0.15) is 0 Å². The minimum atomic E-state index is -5.23. The van der Waals surface area contributed by atoms with Crippen LogP contribution in [0.1, 0.15) is 28.9 Å². The van der Waals surface area contributed by atoms with Crippen LogP contribution < -0.4 is 117 Å². The summed E-state index contributed by atoms with van der Waals surface area (Å²) in [5.74, 6) is 0.318. The molecule has 0 atom stereocenters. The molecule has 0 aliphatic carbocycles. The van der Waals surface area contributed by atoms with Crippen LogP contribution in [-0.2, 0) is 31.6 Å². The van der Waals surface area contributed by atoms with E-state index in [-0.39, 0.29) is 121 Å². The van der Waals surface area contributed by atoms with Crippen LogP contribution in [0.15, 0.2) is 47.0 Å². The first-order valence-electron chi connectivity index (χ1n) is 10.5. The van der Waals surface area contributed by atoms with Crippen molar-refractivity contribution in [3.8, 4) is 0 Å². The number of hydrogen-bond donors (Lipinski definition) is 0. The van der Waals surface area contributed by atoms with Gasteiger partial charge in [-0.1, -0.05) is 18.2 Å². The number of pyridine rings is 1. The number of phosphoric ester groups is 1. The van der Waals surface area contributed by atoms with Gasteiger partial charge in [-0.25, -0.2) is 4.98 Å². The van der Waals surface area contributed by atoms with E-state index >= 15 is 0 Å². The summed E-state index contributed by atoms with van der Waals surface area (Å²) in [4.78, 5) is 53.1. The van der Waals surface area contributed by atoms with E-state index in [1.807, 2.05) is 31.2 Å². The van der Waals surface area contributed by atoms with Gasteiger partial charge in [0.25, 0.3) is 0 Å². The van der Waals surface area contributed by atoms with E-state index in [1.165, 1.54) is 17.2 Å². The molecule has 0 saturated carbocycles. The summed E-state index contributed by atoms with van der Waals surface area (Å²) in [6.07, 6.45) is 4.99. The predicted octanol–water partition coefficient (Wildman–Crippen LogP) is -4.10. The number of anilines is 1. The largest absolute Gasteiger partial charge is 1.00 e. The number of rotatable bonds is 7. The molecule has 13 heteroatoms. The number of hydrogen-bond acceptors (Lipinski definition) is 8. The van der Waals surface area contributed by atoms with Crippen molar-refractivity contribution in [2.75, 3.05) is 18.7 Å². The van der Waals surface area contributed by atoms with Gasteiger partial charge < -0.3 is 28.2 Å². The second-order valence-corrected chi connectivity index (χ2v) is 9.11. The summed E-state index contributed by atoms with van der Waals surface area (Å²) < 4.78 is 20.9. The van der Waals surface area contributed by atoms with Crippen molar-refractivity contribution < 1.29 is 136 Å².